The number of hydrogen-bond donors (Lipinski definition) is 1. The average Bonchev–Trinajstić information content (AvgIpc) is 2.47. The lowest BCUT2D eigenvalue weighted by Gasteiger charge is -2.22. The zero-order valence-corrected chi connectivity index (χ0v) is 9.87. The largest absolute Gasteiger partial charge is 0.371 e. The van der Waals surface area contributed by atoms with E-state index in [1.807, 2.05) is 7.05 Å². The van der Waals surface area contributed by atoms with Gasteiger partial charge in [-0.05, 0) is 41.0 Å². The van der Waals surface area contributed by atoms with E-state index in [1.165, 1.54) is 14.2 Å². The van der Waals surface area contributed by atoms with Gasteiger partial charge in [-0.15, -0.1) is 11.3 Å². The molecule has 0 bridgehead atoms. The van der Waals surface area contributed by atoms with Crippen molar-refractivity contribution in [3.63, 3.8) is 0 Å². The maximum absolute atomic E-state index is 5.69. The summed E-state index contributed by atoms with van der Waals surface area (Å²) < 4.78 is 6.90. The first-order valence-corrected chi connectivity index (χ1v) is 5.96. The zero-order valence-electron chi connectivity index (χ0n) is 7.47. The summed E-state index contributed by atoms with van der Waals surface area (Å²) in [7, 11) is 1.96. The maximum Gasteiger partial charge on any atom is 0.104 e. The minimum atomic E-state index is 0.255. The van der Waals surface area contributed by atoms with Crippen molar-refractivity contribution in [1.82, 2.24) is 5.32 Å². The van der Waals surface area contributed by atoms with Gasteiger partial charge in [0.05, 0.1) is 10.4 Å². The molecule has 1 atom stereocenters. The van der Waals surface area contributed by atoms with E-state index in [1.54, 1.807) is 11.3 Å². The molecule has 13 heavy (non-hydrogen) atoms. The molecule has 2 heterocycles. The second-order valence-corrected chi connectivity index (χ2v) is 5.57. The molecule has 1 N–H and O–H groups in total. The van der Waals surface area contributed by atoms with Crippen LogP contribution in [0.3, 0.4) is 0 Å². The van der Waals surface area contributed by atoms with Crippen LogP contribution >= 0.6 is 27.3 Å². The second-order valence-electron chi connectivity index (χ2n) is 3.11. The van der Waals surface area contributed by atoms with E-state index in [4.69, 9.17) is 4.74 Å². The molecule has 0 radical (unpaired) electrons. The van der Waals surface area contributed by atoms with Gasteiger partial charge < -0.3 is 10.1 Å². The molecule has 0 saturated heterocycles. The minimum Gasteiger partial charge on any atom is -0.371 e. The third kappa shape index (κ3) is 1.96. The van der Waals surface area contributed by atoms with Gasteiger partial charge in [-0.1, -0.05) is 0 Å². The van der Waals surface area contributed by atoms with Crippen LogP contribution in [0.25, 0.3) is 0 Å². The fourth-order valence-electron chi connectivity index (χ4n) is 1.60. The molecular weight excluding hydrogens is 250 g/mol. The summed E-state index contributed by atoms with van der Waals surface area (Å²) in [5.74, 6) is 0. The lowest BCUT2D eigenvalue weighted by atomic mass is 10.1. The molecule has 1 unspecified atom stereocenters. The SMILES string of the molecule is CNCC1OCCc2cc(Br)sc21. The Morgan fingerprint density at radius 2 is 2.62 bits per heavy atom. The van der Waals surface area contributed by atoms with Gasteiger partial charge in [-0.3, -0.25) is 0 Å². The van der Waals surface area contributed by atoms with Crippen molar-refractivity contribution in [3.8, 4) is 0 Å². The van der Waals surface area contributed by atoms with Crippen molar-refractivity contribution in [2.75, 3.05) is 20.2 Å². The molecule has 2 rings (SSSR count). The Hall–Kier alpha value is 0.1000. The predicted molar refractivity (Wildman–Crippen MR) is 58.3 cm³/mol. The predicted octanol–water partition coefficient (Wildman–Crippen LogP) is 2.34. The highest BCUT2D eigenvalue weighted by Gasteiger charge is 2.22. The fraction of sp³-hybridized carbons (Fsp3) is 0.556. The Labute approximate surface area is 90.4 Å². The summed E-state index contributed by atoms with van der Waals surface area (Å²) in [4.78, 5) is 1.38. The van der Waals surface area contributed by atoms with Crippen molar-refractivity contribution in [2.45, 2.75) is 12.5 Å². The zero-order chi connectivity index (χ0) is 9.26. The molecule has 0 spiro atoms. The van der Waals surface area contributed by atoms with Crippen molar-refractivity contribution >= 4 is 27.3 Å². The summed E-state index contributed by atoms with van der Waals surface area (Å²) >= 11 is 5.30. The minimum absolute atomic E-state index is 0.255. The quantitative estimate of drug-likeness (QED) is 0.883. The van der Waals surface area contributed by atoms with Gasteiger partial charge in [0.25, 0.3) is 0 Å². The third-order valence-corrected chi connectivity index (χ3v) is 3.96. The van der Waals surface area contributed by atoms with E-state index in [2.05, 4.69) is 27.3 Å². The lowest BCUT2D eigenvalue weighted by molar-refractivity contribution is 0.0469. The van der Waals surface area contributed by atoms with Gasteiger partial charge in [0.2, 0.25) is 0 Å². The van der Waals surface area contributed by atoms with Crippen LogP contribution in [0.5, 0.6) is 0 Å². The number of halogens is 1. The monoisotopic (exact) mass is 261 g/mol. The first-order chi connectivity index (χ1) is 6.31. The molecule has 1 aliphatic heterocycles. The van der Waals surface area contributed by atoms with Gasteiger partial charge >= 0.3 is 0 Å². The van der Waals surface area contributed by atoms with E-state index >= 15 is 0 Å². The van der Waals surface area contributed by atoms with Crippen LogP contribution in [0.4, 0.5) is 0 Å². The van der Waals surface area contributed by atoms with Crippen LogP contribution < -0.4 is 5.32 Å². The van der Waals surface area contributed by atoms with Crippen molar-refractivity contribution < 1.29 is 4.74 Å². The van der Waals surface area contributed by atoms with Gasteiger partial charge in [0.15, 0.2) is 0 Å². The van der Waals surface area contributed by atoms with E-state index in [-0.39, 0.29) is 6.10 Å². The number of rotatable bonds is 2. The standard InChI is InChI=1S/C9H12BrNOS/c1-11-5-7-9-6(2-3-12-7)4-8(10)13-9/h4,7,11H,2-3,5H2,1H3. The third-order valence-electron chi connectivity index (χ3n) is 2.18. The van der Waals surface area contributed by atoms with Crippen LogP contribution in [0.1, 0.15) is 16.5 Å². The normalized spacial score (nSPS) is 21.5. The topological polar surface area (TPSA) is 21.3 Å². The Morgan fingerprint density at radius 3 is 3.38 bits per heavy atom. The molecule has 1 aliphatic rings. The molecule has 0 aliphatic carbocycles. The van der Waals surface area contributed by atoms with Crippen LogP contribution in [0, 0.1) is 0 Å². The van der Waals surface area contributed by atoms with Gasteiger partial charge in [0, 0.05) is 11.4 Å². The number of hydrogen-bond acceptors (Lipinski definition) is 3. The molecule has 0 aromatic carbocycles. The molecule has 0 saturated carbocycles. The number of ether oxygens (including phenoxy) is 1. The van der Waals surface area contributed by atoms with Gasteiger partial charge in [-0.25, -0.2) is 0 Å². The first kappa shape index (κ1) is 9.65. The number of nitrogens with one attached hydrogen (secondary N) is 1. The van der Waals surface area contributed by atoms with Crippen LogP contribution in [-0.2, 0) is 11.2 Å². The Kier molecular flexibility index (Phi) is 3.03. The molecule has 72 valence electrons. The van der Waals surface area contributed by atoms with Crippen LogP contribution in [-0.4, -0.2) is 20.2 Å². The number of fused-ring (bicyclic) bond motifs is 1. The summed E-state index contributed by atoms with van der Waals surface area (Å²) in [6, 6.07) is 2.21. The molecular formula is C9H12BrNOS. The lowest BCUT2D eigenvalue weighted by Crippen LogP contribution is -2.23. The highest BCUT2D eigenvalue weighted by atomic mass is 79.9. The molecule has 1 aromatic rings. The van der Waals surface area contributed by atoms with E-state index < -0.39 is 0 Å². The van der Waals surface area contributed by atoms with Gasteiger partial charge in [0.1, 0.15) is 6.10 Å². The maximum atomic E-state index is 5.69. The highest BCUT2D eigenvalue weighted by Crippen LogP contribution is 2.36. The second kappa shape index (κ2) is 4.09. The summed E-state index contributed by atoms with van der Waals surface area (Å²) in [6.45, 7) is 1.75. The molecule has 0 amide bonds. The van der Waals surface area contributed by atoms with E-state index in [9.17, 15) is 0 Å². The van der Waals surface area contributed by atoms with Crippen molar-refractivity contribution in [1.29, 1.82) is 0 Å². The highest BCUT2D eigenvalue weighted by molar-refractivity contribution is 9.11. The van der Waals surface area contributed by atoms with Crippen molar-refractivity contribution in [2.24, 2.45) is 0 Å². The fourth-order valence-corrected chi connectivity index (χ4v) is 3.39. The summed E-state index contributed by atoms with van der Waals surface area (Å²) in [6.07, 6.45) is 1.31. The van der Waals surface area contributed by atoms with Crippen LogP contribution in [0.2, 0.25) is 0 Å². The smallest absolute Gasteiger partial charge is 0.104 e. The first-order valence-electron chi connectivity index (χ1n) is 4.35. The van der Waals surface area contributed by atoms with Gasteiger partial charge in [-0.2, -0.15) is 0 Å². The molecule has 1 aromatic heterocycles. The Bertz CT molecular complexity index is 300. The summed E-state index contributed by atoms with van der Waals surface area (Å²) in [5.41, 5.74) is 1.45. The number of likely N-dealkylation sites (N-methyl/N-ethyl adjacent to an activating group) is 1. The van der Waals surface area contributed by atoms with E-state index in [0.717, 1.165) is 19.6 Å². The van der Waals surface area contributed by atoms with Crippen LogP contribution in [0.15, 0.2) is 9.85 Å². The Morgan fingerprint density at radius 1 is 1.77 bits per heavy atom. The Balaban J connectivity index is 2.25. The molecule has 2 nitrogen and oxygen atoms in total. The molecule has 0 fully saturated rings. The van der Waals surface area contributed by atoms with Crippen molar-refractivity contribution in [3.05, 3.63) is 20.3 Å². The molecule has 4 heteroatoms. The summed E-state index contributed by atoms with van der Waals surface area (Å²) in [5, 5.41) is 3.15. The number of thiophene rings is 1. The van der Waals surface area contributed by atoms with E-state index in [0.29, 0.717) is 0 Å². The average molecular weight is 262 g/mol.